The highest BCUT2D eigenvalue weighted by molar-refractivity contribution is 7.11. The van der Waals surface area contributed by atoms with Gasteiger partial charge in [-0.1, -0.05) is 23.7 Å². The summed E-state index contributed by atoms with van der Waals surface area (Å²) >= 11 is 7.48. The largest absolute Gasteiger partial charge is 0.478 e. The predicted octanol–water partition coefficient (Wildman–Crippen LogP) is 3.09. The first-order valence-corrected chi connectivity index (χ1v) is 10.6. The Morgan fingerprint density at radius 1 is 1.39 bits per heavy atom. The molecule has 1 aromatic carbocycles. The number of esters is 1. The van der Waals surface area contributed by atoms with Crippen LogP contribution in [0.2, 0.25) is 5.02 Å². The van der Waals surface area contributed by atoms with Gasteiger partial charge in [0, 0.05) is 17.1 Å². The number of hydrogen-bond donors (Lipinski definition) is 2. The molecule has 2 aliphatic rings. The highest BCUT2D eigenvalue weighted by atomic mass is 35.5. The Morgan fingerprint density at radius 3 is 2.87 bits per heavy atom. The molecule has 0 spiro atoms. The molecule has 3 unspecified atom stereocenters. The van der Waals surface area contributed by atoms with Gasteiger partial charge >= 0.3 is 11.9 Å². The molecule has 0 amide bonds. The van der Waals surface area contributed by atoms with Crippen molar-refractivity contribution in [2.45, 2.75) is 31.1 Å². The van der Waals surface area contributed by atoms with Gasteiger partial charge < -0.3 is 19.9 Å². The molecule has 0 saturated carbocycles. The van der Waals surface area contributed by atoms with Crippen LogP contribution >= 0.6 is 22.9 Å². The standard InChI is InChI=1S/C20H17ClFN3O5S/c1-29-20(28)12-6-5-11(30-12)16-13(19(26)27)15(9-3-2-4-10(22)14(9)21)24-17(25-16)18-23-7-8-31-18/h2-4,7-8,11-12,15H,5-6H2,1H3,(H,24,25)(H,26,27). The van der Waals surface area contributed by atoms with Gasteiger partial charge in [0.15, 0.2) is 16.9 Å². The highest BCUT2D eigenvalue weighted by Crippen LogP contribution is 2.39. The molecule has 0 radical (unpaired) electrons. The maximum atomic E-state index is 14.2. The lowest BCUT2D eigenvalue weighted by Crippen LogP contribution is -2.39. The molecule has 8 nitrogen and oxygen atoms in total. The number of carbonyl (C=O) groups excluding carboxylic acids is 1. The fourth-order valence-electron chi connectivity index (χ4n) is 3.61. The smallest absolute Gasteiger partial charge is 0.336 e. The number of rotatable bonds is 5. The number of aliphatic imine (C=N–C) groups is 1. The molecule has 3 atom stereocenters. The van der Waals surface area contributed by atoms with Crippen molar-refractivity contribution < 1.29 is 28.6 Å². The maximum absolute atomic E-state index is 14.2. The minimum atomic E-state index is -1.26. The topological polar surface area (TPSA) is 110 Å². The van der Waals surface area contributed by atoms with Crippen LogP contribution in [0.1, 0.15) is 29.5 Å². The first-order valence-electron chi connectivity index (χ1n) is 9.30. The Bertz CT molecular complexity index is 1090. The van der Waals surface area contributed by atoms with Crippen molar-refractivity contribution >= 4 is 40.7 Å². The third-order valence-corrected chi connectivity index (χ3v) is 6.20. The van der Waals surface area contributed by atoms with Crippen molar-refractivity contribution in [2.75, 3.05) is 7.11 Å². The van der Waals surface area contributed by atoms with Crippen LogP contribution in [-0.2, 0) is 19.1 Å². The summed E-state index contributed by atoms with van der Waals surface area (Å²) in [6, 6.07) is 3.05. The van der Waals surface area contributed by atoms with Crippen LogP contribution in [0.4, 0.5) is 4.39 Å². The van der Waals surface area contributed by atoms with Crippen molar-refractivity contribution in [1.82, 2.24) is 10.3 Å². The van der Waals surface area contributed by atoms with E-state index in [4.69, 9.17) is 21.1 Å². The summed E-state index contributed by atoms with van der Waals surface area (Å²) in [6.45, 7) is 0. The minimum absolute atomic E-state index is 0.136. The van der Waals surface area contributed by atoms with Crippen LogP contribution in [0.25, 0.3) is 0 Å². The fraction of sp³-hybridized carbons (Fsp3) is 0.300. The lowest BCUT2D eigenvalue weighted by atomic mass is 9.93. The summed E-state index contributed by atoms with van der Waals surface area (Å²) in [4.78, 5) is 32.9. The van der Waals surface area contributed by atoms with E-state index in [-0.39, 0.29) is 21.9 Å². The van der Waals surface area contributed by atoms with E-state index in [2.05, 4.69) is 15.3 Å². The second kappa shape index (κ2) is 8.74. The molecular weight excluding hydrogens is 449 g/mol. The quantitative estimate of drug-likeness (QED) is 0.653. The molecular formula is C20H17ClFN3O5S. The minimum Gasteiger partial charge on any atom is -0.478 e. The van der Waals surface area contributed by atoms with Crippen LogP contribution in [-0.4, -0.2) is 47.2 Å². The Morgan fingerprint density at radius 2 is 2.19 bits per heavy atom. The summed E-state index contributed by atoms with van der Waals surface area (Å²) in [5, 5.41) is 15.1. The van der Waals surface area contributed by atoms with E-state index >= 15 is 0 Å². The molecule has 0 bridgehead atoms. The van der Waals surface area contributed by atoms with Crippen LogP contribution in [0.3, 0.4) is 0 Å². The van der Waals surface area contributed by atoms with Crippen LogP contribution < -0.4 is 5.32 Å². The zero-order valence-electron chi connectivity index (χ0n) is 16.2. The predicted molar refractivity (Wildman–Crippen MR) is 111 cm³/mol. The number of hydrogen-bond acceptors (Lipinski definition) is 8. The van der Waals surface area contributed by atoms with Crippen molar-refractivity contribution in [3.05, 3.63) is 62.5 Å². The lowest BCUT2D eigenvalue weighted by Gasteiger charge is -2.29. The number of carbonyl (C=O) groups is 2. The number of amidine groups is 1. The number of aromatic nitrogens is 1. The van der Waals surface area contributed by atoms with E-state index in [9.17, 15) is 19.1 Å². The Hall–Kier alpha value is -2.82. The molecule has 1 saturated heterocycles. The first kappa shape index (κ1) is 21.4. The number of thiazole rings is 1. The number of ether oxygens (including phenoxy) is 2. The molecule has 4 rings (SSSR count). The highest BCUT2D eigenvalue weighted by Gasteiger charge is 2.41. The first-order chi connectivity index (χ1) is 14.9. The van der Waals surface area contributed by atoms with Gasteiger partial charge in [0.1, 0.15) is 11.9 Å². The number of aliphatic carboxylic acids is 1. The van der Waals surface area contributed by atoms with Crippen LogP contribution in [0, 0.1) is 5.82 Å². The third-order valence-electron chi connectivity index (χ3n) is 5.02. The molecule has 1 fully saturated rings. The van der Waals surface area contributed by atoms with Gasteiger partial charge in [-0.15, -0.1) is 11.3 Å². The van der Waals surface area contributed by atoms with Gasteiger partial charge in [-0.25, -0.2) is 19.0 Å². The molecule has 2 aliphatic heterocycles. The van der Waals surface area contributed by atoms with Gasteiger partial charge in [-0.3, -0.25) is 4.99 Å². The number of methoxy groups -OCH3 is 1. The average molecular weight is 466 g/mol. The second-order valence-corrected chi connectivity index (χ2v) is 8.10. The van der Waals surface area contributed by atoms with Gasteiger partial charge in [0.25, 0.3) is 0 Å². The zero-order valence-corrected chi connectivity index (χ0v) is 17.7. The van der Waals surface area contributed by atoms with Gasteiger partial charge in [-0.2, -0.15) is 0 Å². The number of halogens is 2. The Balaban J connectivity index is 1.83. The summed E-state index contributed by atoms with van der Waals surface area (Å²) in [5.41, 5.74) is 0.294. The lowest BCUT2D eigenvalue weighted by molar-refractivity contribution is -0.152. The third kappa shape index (κ3) is 4.06. The van der Waals surface area contributed by atoms with E-state index in [1.807, 2.05) is 0 Å². The van der Waals surface area contributed by atoms with Crippen LogP contribution in [0.15, 0.2) is 46.0 Å². The van der Waals surface area contributed by atoms with Crippen molar-refractivity contribution in [1.29, 1.82) is 0 Å². The molecule has 11 heteroatoms. The number of carboxylic acids is 1. The molecule has 2 aromatic rings. The Labute approximate surface area is 185 Å². The number of carboxylic acid groups (broad SMARTS) is 1. The average Bonchev–Trinajstić information content (AvgIpc) is 3.46. The number of nitrogens with one attached hydrogen (secondary N) is 1. The summed E-state index contributed by atoms with van der Waals surface area (Å²) in [7, 11) is 1.26. The summed E-state index contributed by atoms with van der Waals surface area (Å²) < 4.78 is 24.7. The summed E-state index contributed by atoms with van der Waals surface area (Å²) in [5.74, 6) is -2.17. The van der Waals surface area contributed by atoms with E-state index in [0.29, 0.717) is 23.7 Å². The number of benzene rings is 1. The molecule has 3 heterocycles. The van der Waals surface area contributed by atoms with Crippen LogP contribution in [0.5, 0.6) is 0 Å². The molecule has 0 aliphatic carbocycles. The van der Waals surface area contributed by atoms with E-state index in [1.54, 1.807) is 11.6 Å². The molecule has 1 aromatic heterocycles. The van der Waals surface area contributed by atoms with E-state index in [1.165, 1.54) is 36.6 Å². The van der Waals surface area contributed by atoms with Crippen molar-refractivity contribution in [3.8, 4) is 0 Å². The van der Waals surface area contributed by atoms with Gasteiger partial charge in [0.2, 0.25) is 0 Å². The fourth-order valence-corrected chi connectivity index (χ4v) is 4.43. The second-order valence-electron chi connectivity index (χ2n) is 6.83. The zero-order chi connectivity index (χ0) is 22.1. The summed E-state index contributed by atoms with van der Waals surface area (Å²) in [6.07, 6.45) is 0.801. The molecule has 162 valence electrons. The molecule has 31 heavy (non-hydrogen) atoms. The maximum Gasteiger partial charge on any atom is 0.336 e. The SMILES string of the molecule is COC(=O)C1CCC(C2=C(C(=O)O)C(c3cccc(F)c3Cl)N=C(c3nccs3)N2)O1. The van der Waals surface area contributed by atoms with Crippen molar-refractivity contribution in [3.63, 3.8) is 0 Å². The molecule has 2 N–H and O–H groups in total. The van der Waals surface area contributed by atoms with E-state index < -0.39 is 36.0 Å². The Kier molecular flexibility index (Phi) is 6.03. The van der Waals surface area contributed by atoms with E-state index in [0.717, 1.165) is 0 Å². The number of nitrogens with zero attached hydrogens (tertiary/aromatic N) is 2. The monoisotopic (exact) mass is 465 g/mol. The van der Waals surface area contributed by atoms with Gasteiger partial charge in [0.05, 0.1) is 29.5 Å². The normalized spacial score (nSPS) is 23.3. The van der Waals surface area contributed by atoms with Crippen molar-refractivity contribution in [2.24, 2.45) is 4.99 Å². The van der Waals surface area contributed by atoms with Gasteiger partial charge in [-0.05, 0) is 18.9 Å².